The van der Waals surface area contributed by atoms with E-state index >= 15 is 0 Å². The van der Waals surface area contributed by atoms with Crippen LogP contribution in [0, 0.1) is 0 Å². The topological polar surface area (TPSA) is 156 Å². The summed E-state index contributed by atoms with van der Waals surface area (Å²) in [6, 6.07) is 12.4. The van der Waals surface area contributed by atoms with Crippen LogP contribution in [0.15, 0.2) is 46.9 Å². The van der Waals surface area contributed by atoms with Gasteiger partial charge >= 0.3 is 0 Å². The van der Waals surface area contributed by atoms with Crippen LogP contribution in [0.3, 0.4) is 0 Å². The molecule has 4 aromatic rings. The number of para-hydroxylation sites is 1. The molecule has 4 N–H and O–H groups in total. The van der Waals surface area contributed by atoms with Gasteiger partial charge in [0.05, 0.1) is 43.3 Å². The molecule has 0 aliphatic carbocycles. The van der Waals surface area contributed by atoms with Crippen molar-refractivity contribution in [2.24, 2.45) is 0 Å². The number of ether oxygens (including phenoxy) is 3. The summed E-state index contributed by atoms with van der Waals surface area (Å²) in [7, 11) is 1.60. The number of rotatable bonds is 12. The lowest BCUT2D eigenvalue weighted by Crippen LogP contribution is -2.20. The summed E-state index contributed by atoms with van der Waals surface area (Å²) >= 11 is 3.42. The number of anilines is 2. The van der Waals surface area contributed by atoms with Gasteiger partial charge in [0.25, 0.3) is 5.91 Å². The summed E-state index contributed by atoms with van der Waals surface area (Å²) in [6.07, 6.45) is 0. The van der Waals surface area contributed by atoms with Crippen LogP contribution < -0.4 is 10.6 Å². The number of carbonyl (C=O) groups is 2. The van der Waals surface area contributed by atoms with E-state index in [4.69, 9.17) is 14.2 Å². The third-order valence-electron chi connectivity index (χ3n) is 5.03. The van der Waals surface area contributed by atoms with Crippen molar-refractivity contribution in [3.05, 3.63) is 52.6 Å². The van der Waals surface area contributed by atoms with Crippen LogP contribution in [0.1, 0.15) is 10.5 Å². The molecule has 2 heterocycles. The predicted molar refractivity (Wildman–Crippen MR) is 136 cm³/mol. The summed E-state index contributed by atoms with van der Waals surface area (Å²) in [5.41, 5.74) is 2.58. The van der Waals surface area contributed by atoms with Gasteiger partial charge in [-0.15, -0.1) is 10.2 Å². The average Bonchev–Trinajstić information content (AvgIpc) is 3.55. The molecule has 0 radical (unpaired) electrons. The highest BCUT2D eigenvalue weighted by atomic mass is 79.9. The second-order valence-corrected chi connectivity index (χ2v) is 8.45. The Morgan fingerprint density at radius 1 is 1.00 bits per heavy atom. The molecule has 0 aliphatic rings. The van der Waals surface area contributed by atoms with Gasteiger partial charge in [0, 0.05) is 22.5 Å². The van der Waals surface area contributed by atoms with Gasteiger partial charge in [-0.05, 0) is 35.5 Å². The van der Waals surface area contributed by atoms with E-state index in [0.717, 1.165) is 9.86 Å². The number of halogens is 1. The third kappa shape index (κ3) is 6.51. The minimum atomic E-state index is -0.368. The number of tetrazole rings is 1. The SMILES string of the molecule is COCCOCCOCC(=O)Nc1cccc2cc(C(=O)Nc3ccc(Br)cc3-c3nn[nH]n3)[nH]c12. The molecule has 2 aromatic carbocycles. The monoisotopic (exact) mass is 557 g/mol. The van der Waals surface area contributed by atoms with Crippen LogP contribution in [-0.4, -0.2) is 77.6 Å². The lowest BCUT2D eigenvalue weighted by atomic mass is 10.1. The molecule has 2 amide bonds. The van der Waals surface area contributed by atoms with Crippen LogP contribution in [0.4, 0.5) is 11.4 Å². The first-order valence-corrected chi connectivity index (χ1v) is 11.7. The minimum Gasteiger partial charge on any atom is -0.382 e. The highest BCUT2D eigenvalue weighted by molar-refractivity contribution is 9.10. The molecule has 188 valence electrons. The molecule has 0 fully saturated rings. The fourth-order valence-electron chi connectivity index (χ4n) is 3.37. The first kappa shape index (κ1) is 25.4. The maximum Gasteiger partial charge on any atom is 0.272 e. The van der Waals surface area contributed by atoms with Crippen molar-refractivity contribution in [3.8, 4) is 11.4 Å². The lowest BCUT2D eigenvalue weighted by Gasteiger charge is -2.09. The van der Waals surface area contributed by atoms with Gasteiger partial charge in [0.15, 0.2) is 0 Å². The summed E-state index contributed by atoms with van der Waals surface area (Å²) < 4.78 is 16.3. The number of hydrogen-bond acceptors (Lipinski definition) is 8. The van der Waals surface area contributed by atoms with Crippen molar-refractivity contribution in [2.45, 2.75) is 0 Å². The van der Waals surface area contributed by atoms with E-state index in [9.17, 15) is 9.59 Å². The van der Waals surface area contributed by atoms with E-state index in [1.165, 1.54) is 0 Å². The summed E-state index contributed by atoms with van der Waals surface area (Å²) in [5, 5.41) is 20.4. The smallest absolute Gasteiger partial charge is 0.272 e. The Balaban J connectivity index is 1.41. The largest absolute Gasteiger partial charge is 0.382 e. The molecule has 0 unspecified atom stereocenters. The summed E-state index contributed by atoms with van der Waals surface area (Å²) in [4.78, 5) is 28.5. The van der Waals surface area contributed by atoms with Gasteiger partial charge in [-0.1, -0.05) is 28.1 Å². The maximum absolute atomic E-state index is 13.0. The Labute approximate surface area is 214 Å². The molecule has 2 aromatic heterocycles. The molecular formula is C23H24BrN7O5. The van der Waals surface area contributed by atoms with Crippen LogP contribution in [0.2, 0.25) is 0 Å². The van der Waals surface area contributed by atoms with Gasteiger partial charge < -0.3 is 29.8 Å². The van der Waals surface area contributed by atoms with Crippen molar-refractivity contribution in [1.82, 2.24) is 25.6 Å². The Kier molecular flexibility index (Phi) is 8.73. The third-order valence-corrected chi connectivity index (χ3v) is 5.52. The number of aromatic nitrogens is 5. The van der Waals surface area contributed by atoms with Gasteiger partial charge in [0.1, 0.15) is 12.3 Å². The van der Waals surface area contributed by atoms with E-state index in [0.29, 0.717) is 53.8 Å². The van der Waals surface area contributed by atoms with Crippen molar-refractivity contribution in [3.63, 3.8) is 0 Å². The van der Waals surface area contributed by atoms with Crippen LogP contribution >= 0.6 is 15.9 Å². The van der Waals surface area contributed by atoms with Crippen LogP contribution in [0.5, 0.6) is 0 Å². The van der Waals surface area contributed by atoms with E-state index < -0.39 is 0 Å². The minimum absolute atomic E-state index is 0.125. The molecule has 4 rings (SSSR count). The number of benzene rings is 2. The Bertz CT molecular complexity index is 1330. The van der Waals surface area contributed by atoms with Crippen molar-refractivity contribution in [1.29, 1.82) is 0 Å². The van der Waals surface area contributed by atoms with E-state index in [1.807, 2.05) is 6.07 Å². The molecule has 0 bridgehead atoms. The van der Waals surface area contributed by atoms with Crippen molar-refractivity contribution < 1.29 is 23.8 Å². The van der Waals surface area contributed by atoms with Gasteiger partial charge in [0.2, 0.25) is 11.7 Å². The van der Waals surface area contributed by atoms with Gasteiger partial charge in [-0.3, -0.25) is 9.59 Å². The highest BCUT2D eigenvalue weighted by Gasteiger charge is 2.17. The summed E-state index contributed by atoms with van der Waals surface area (Å²) in [5.74, 6) is -0.344. The second kappa shape index (κ2) is 12.4. The first-order valence-electron chi connectivity index (χ1n) is 11.0. The second-order valence-electron chi connectivity index (χ2n) is 7.54. The number of nitrogens with one attached hydrogen (secondary N) is 4. The zero-order valence-corrected chi connectivity index (χ0v) is 20.9. The van der Waals surface area contributed by atoms with E-state index in [-0.39, 0.29) is 25.0 Å². The fourth-order valence-corrected chi connectivity index (χ4v) is 3.73. The van der Waals surface area contributed by atoms with Gasteiger partial charge in [-0.2, -0.15) is 5.21 Å². The molecule has 0 spiro atoms. The summed E-state index contributed by atoms with van der Waals surface area (Å²) in [6.45, 7) is 1.51. The normalized spacial score (nSPS) is 11.1. The molecule has 0 aliphatic heterocycles. The van der Waals surface area contributed by atoms with E-state index in [1.54, 1.807) is 43.5 Å². The highest BCUT2D eigenvalue weighted by Crippen LogP contribution is 2.29. The number of nitrogens with zero attached hydrogens (tertiary/aromatic N) is 3. The Morgan fingerprint density at radius 2 is 1.83 bits per heavy atom. The number of H-pyrrole nitrogens is 2. The lowest BCUT2D eigenvalue weighted by molar-refractivity contribution is -0.121. The number of hydrogen-bond donors (Lipinski definition) is 4. The molecule has 12 nitrogen and oxygen atoms in total. The maximum atomic E-state index is 13.0. The Hall–Kier alpha value is -3.65. The van der Waals surface area contributed by atoms with Gasteiger partial charge in [-0.25, -0.2) is 0 Å². The zero-order chi connectivity index (χ0) is 25.3. The molecule has 0 atom stereocenters. The van der Waals surface area contributed by atoms with Crippen molar-refractivity contribution in [2.75, 3.05) is 50.8 Å². The fraction of sp³-hybridized carbons (Fsp3) is 0.261. The standard InChI is InChI=1S/C23H24BrN7O5/c1-34-7-8-35-9-10-36-13-20(32)25-18-4-2-3-14-11-19(26-21(14)18)23(33)27-17-6-5-15(24)12-16(17)22-28-30-31-29-22/h2-6,11-12,26H,7-10,13H2,1H3,(H,25,32)(H,27,33)(H,28,29,30,31). The number of aromatic amines is 2. The average molecular weight is 558 g/mol. The number of carbonyl (C=O) groups excluding carboxylic acids is 2. The molecule has 0 saturated heterocycles. The molecule has 13 heteroatoms. The van der Waals surface area contributed by atoms with Crippen molar-refractivity contribution >= 4 is 50.0 Å². The molecule has 0 saturated carbocycles. The van der Waals surface area contributed by atoms with Crippen LogP contribution in [0.25, 0.3) is 22.3 Å². The molecular weight excluding hydrogens is 534 g/mol. The van der Waals surface area contributed by atoms with Crippen LogP contribution in [-0.2, 0) is 19.0 Å². The quantitative estimate of drug-likeness (QED) is 0.194. The number of methoxy groups -OCH3 is 1. The first-order chi connectivity index (χ1) is 17.5. The predicted octanol–water partition coefficient (Wildman–Crippen LogP) is 2.98. The number of fused-ring (bicyclic) bond motifs is 1. The zero-order valence-electron chi connectivity index (χ0n) is 19.3. The molecule has 36 heavy (non-hydrogen) atoms. The Morgan fingerprint density at radius 3 is 2.64 bits per heavy atom. The number of amides is 2. The van der Waals surface area contributed by atoms with E-state index in [2.05, 4.69) is 52.2 Å².